The number of nitro groups is 1. The molecule has 0 spiro atoms. The van der Waals surface area contributed by atoms with Crippen molar-refractivity contribution in [3.05, 3.63) is 120 Å². The monoisotopic (exact) mass is 953 g/mol. The normalized spacial score (nSPS) is 10.9. The SMILES string of the molecule is CO.COc1cc(N(C)CCN(C)C)c(N)cc1Nc1nccc(-c2cn(C)c3ccccc23)n1.COc1cc(N(C)CCN(C)C)c([N+](=O)[O-])cc1Nc1nccc(-c2cn(C)c3ccccc23)n1. The first-order valence-electron chi connectivity index (χ1n) is 22.4. The highest BCUT2D eigenvalue weighted by Gasteiger charge is 2.23. The summed E-state index contributed by atoms with van der Waals surface area (Å²) in [7, 11) is 20.1. The van der Waals surface area contributed by atoms with Gasteiger partial charge in [0.25, 0.3) is 5.69 Å². The lowest BCUT2D eigenvalue weighted by atomic mass is 10.1. The molecule has 0 saturated heterocycles. The summed E-state index contributed by atoms with van der Waals surface area (Å²) in [5.74, 6) is 1.93. The summed E-state index contributed by atoms with van der Waals surface area (Å²) in [5.41, 5.74) is 15.4. The average molecular weight is 953 g/mol. The number of nitrogens with two attached hydrogens (primary N) is 1. The lowest BCUT2D eigenvalue weighted by Crippen LogP contribution is -2.29. The van der Waals surface area contributed by atoms with Crippen LogP contribution >= 0.6 is 0 Å². The molecule has 0 fully saturated rings. The first-order valence-corrected chi connectivity index (χ1v) is 22.4. The number of para-hydroxylation sites is 2. The molecule has 0 aliphatic rings. The standard InChI is InChI=1S/C25H29N7O3.C25H31N7O.CH4O/c1-29(2)12-13-30(3)22-15-24(35-5)20(14-23(22)32(33)34)28-25-26-11-10-19(27-25)18-16-31(4)21-9-7-6-8-17(18)21;1-30(2)12-13-31(3)23-15-24(33-5)21(14-19(23)26)29-25-27-11-10-20(28-25)18-16-32(4)22-9-7-6-8-17(18)22;1-2/h6-11,14-16H,12-13H2,1-5H3,(H,26,27,28);6-11,14-16H,12-13,26H2,1-5H3,(H,27,28,29);2H,1H3. The molecule has 19 heteroatoms. The predicted molar refractivity (Wildman–Crippen MR) is 283 cm³/mol. The number of hydrogen-bond donors (Lipinski definition) is 4. The minimum Gasteiger partial charge on any atom is -0.494 e. The Morgan fingerprint density at radius 3 is 1.51 bits per heavy atom. The Labute approximate surface area is 408 Å². The summed E-state index contributed by atoms with van der Waals surface area (Å²) in [6, 6.07) is 27.1. The number of aliphatic hydroxyl groups is 1. The van der Waals surface area contributed by atoms with E-state index in [2.05, 4.69) is 89.1 Å². The smallest absolute Gasteiger partial charge is 0.294 e. The first kappa shape index (κ1) is 51.4. The Kier molecular flexibility index (Phi) is 17.1. The van der Waals surface area contributed by atoms with Crippen molar-refractivity contribution >= 4 is 67.8 Å². The summed E-state index contributed by atoms with van der Waals surface area (Å²) >= 11 is 0. The summed E-state index contributed by atoms with van der Waals surface area (Å²) in [5, 5.41) is 27.5. The van der Waals surface area contributed by atoms with Crippen LogP contribution in [0.1, 0.15) is 0 Å². The number of benzene rings is 4. The third-order valence-electron chi connectivity index (χ3n) is 11.6. The molecule has 0 aliphatic carbocycles. The highest BCUT2D eigenvalue weighted by Crippen LogP contribution is 2.40. The number of anilines is 7. The third-order valence-corrected chi connectivity index (χ3v) is 11.6. The molecule has 4 heterocycles. The van der Waals surface area contributed by atoms with Gasteiger partial charge in [0.05, 0.1) is 53.3 Å². The van der Waals surface area contributed by atoms with Crippen LogP contribution in [0.25, 0.3) is 44.3 Å². The number of aliphatic hydroxyl groups excluding tert-OH is 1. The highest BCUT2D eigenvalue weighted by atomic mass is 16.6. The van der Waals surface area contributed by atoms with E-state index in [1.165, 1.54) is 13.2 Å². The van der Waals surface area contributed by atoms with E-state index in [4.69, 9.17) is 25.3 Å². The average Bonchev–Trinajstić information content (AvgIpc) is 3.89. The van der Waals surface area contributed by atoms with E-state index in [9.17, 15) is 10.1 Å². The molecule has 0 radical (unpaired) electrons. The number of nitrogen functional groups attached to an aromatic ring is 1. The van der Waals surface area contributed by atoms with Crippen LogP contribution in [0, 0.1) is 10.1 Å². The number of ether oxygens (including phenoxy) is 2. The fourth-order valence-corrected chi connectivity index (χ4v) is 7.87. The Morgan fingerprint density at radius 1 is 0.643 bits per heavy atom. The van der Waals surface area contributed by atoms with Gasteiger partial charge in [0.2, 0.25) is 11.9 Å². The first-order chi connectivity index (χ1) is 33.6. The quantitative estimate of drug-likeness (QED) is 0.0389. The molecular formula is C51H64N14O5. The van der Waals surface area contributed by atoms with Crippen LogP contribution in [0.4, 0.5) is 46.0 Å². The van der Waals surface area contributed by atoms with Gasteiger partial charge in [-0.3, -0.25) is 10.1 Å². The fraction of sp³-hybridized carbons (Fsp3) is 0.294. The Balaban J connectivity index is 0.000000222. The number of likely N-dealkylation sites (N-methyl/N-ethyl adjacent to an activating group) is 4. The van der Waals surface area contributed by atoms with E-state index in [0.29, 0.717) is 47.0 Å². The number of aromatic nitrogens is 6. The summed E-state index contributed by atoms with van der Waals surface area (Å²) in [4.78, 5) is 37.8. The highest BCUT2D eigenvalue weighted by molar-refractivity contribution is 5.96. The third kappa shape index (κ3) is 12.0. The fourth-order valence-electron chi connectivity index (χ4n) is 7.87. The number of nitro benzene ring substituents is 1. The van der Waals surface area contributed by atoms with Crippen molar-refractivity contribution in [1.29, 1.82) is 0 Å². The second-order valence-corrected chi connectivity index (χ2v) is 17.0. The Hall–Kier alpha value is -8.00. The van der Waals surface area contributed by atoms with Gasteiger partial charge >= 0.3 is 0 Å². The second-order valence-electron chi connectivity index (χ2n) is 17.0. The number of nitrogens with zero attached hydrogens (tertiary/aromatic N) is 11. The van der Waals surface area contributed by atoms with Crippen LogP contribution in [0.5, 0.6) is 11.5 Å². The molecule has 0 unspecified atom stereocenters. The van der Waals surface area contributed by atoms with Crippen LogP contribution in [-0.4, -0.2) is 139 Å². The van der Waals surface area contributed by atoms with Crippen molar-refractivity contribution in [2.24, 2.45) is 14.1 Å². The molecule has 368 valence electrons. The lowest BCUT2D eigenvalue weighted by molar-refractivity contribution is -0.384. The molecule has 70 heavy (non-hydrogen) atoms. The van der Waals surface area contributed by atoms with Crippen LogP contribution in [-0.2, 0) is 14.1 Å². The topological polar surface area (TPSA) is 206 Å². The van der Waals surface area contributed by atoms with E-state index >= 15 is 0 Å². The van der Waals surface area contributed by atoms with Crippen LogP contribution in [0.3, 0.4) is 0 Å². The molecule has 4 aromatic carbocycles. The molecule has 8 aromatic rings. The van der Waals surface area contributed by atoms with E-state index in [-0.39, 0.29) is 10.6 Å². The zero-order valence-electron chi connectivity index (χ0n) is 41.8. The van der Waals surface area contributed by atoms with Crippen molar-refractivity contribution in [3.63, 3.8) is 0 Å². The van der Waals surface area contributed by atoms with E-state index in [1.807, 2.05) is 107 Å². The van der Waals surface area contributed by atoms with Gasteiger partial charge in [-0.15, -0.1) is 0 Å². The molecule has 19 nitrogen and oxygen atoms in total. The number of methoxy groups -OCH3 is 2. The van der Waals surface area contributed by atoms with Gasteiger partial charge in [-0.2, -0.15) is 0 Å². The minimum atomic E-state index is -0.389. The summed E-state index contributed by atoms with van der Waals surface area (Å²) < 4.78 is 15.4. The van der Waals surface area contributed by atoms with Gasteiger partial charge in [0.1, 0.15) is 17.2 Å². The molecule has 0 saturated carbocycles. The molecule has 0 aliphatic heterocycles. The van der Waals surface area contributed by atoms with Gasteiger partial charge in [-0.25, -0.2) is 19.9 Å². The number of fused-ring (bicyclic) bond motifs is 2. The maximum absolute atomic E-state index is 11.9. The van der Waals surface area contributed by atoms with E-state index in [1.54, 1.807) is 25.6 Å². The number of rotatable bonds is 17. The largest absolute Gasteiger partial charge is 0.494 e. The van der Waals surface area contributed by atoms with Gasteiger partial charge < -0.3 is 59.7 Å². The van der Waals surface area contributed by atoms with Crippen molar-refractivity contribution in [2.75, 3.05) is 116 Å². The van der Waals surface area contributed by atoms with Crippen LogP contribution in [0.2, 0.25) is 0 Å². The van der Waals surface area contributed by atoms with Crippen molar-refractivity contribution in [2.45, 2.75) is 0 Å². The zero-order valence-corrected chi connectivity index (χ0v) is 41.8. The van der Waals surface area contributed by atoms with Crippen LogP contribution in [0.15, 0.2) is 110 Å². The molecular weight excluding hydrogens is 889 g/mol. The maximum atomic E-state index is 11.9. The molecule has 8 rings (SSSR count). The van der Waals surface area contributed by atoms with Crippen molar-refractivity contribution < 1.29 is 19.5 Å². The van der Waals surface area contributed by atoms with Crippen LogP contribution < -0.4 is 35.6 Å². The maximum Gasteiger partial charge on any atom is 0.294 e. The van der Waals surface area contributed by atoms with Gasteiger partial charge in [0.15, 0.2) is 0 Å². The Bertz CT molecular complexity index is 3040. The van der Waals surface area contributed by atoms with Crippen molar-refractivity contribution in [1.82, 2.24) is 38.9 Å². The predicted octanol–water partition coefficient (Wildman–Crippen LogP) is 7.87. The summed E-state index contributed by atoms with van der Waals surface area (Å²) in [6.07, 6.45) is 7.54. The number of nitrogens with one attached hydrogen (secondary N) is 2. The molecule has 5 N–H and O–H groups in total. The summed E-state index contributed by atoms with van der Waals surface area (Å²) in [6.45, 7) is 3.15. The van der Waals surface area contributed by atoms with E-state index in [0.717, 1.165) is 82.4 Å². The lowest BCUT2D eigenvalue weighted by Gasteiger charge is -2.24. The van der Waals surface area contributed by atoms with Crippen molar-refractivity contribution in [3.8, 4) is 34.0 Å². The minimum absolute atomic E-state index is 0.0280. The second kappa shape index (κ2) is 23.3. The number of aryl methyl sites for hydroxylation is 2. The molecule has 4 aromatic heterocycles. The number of hydrogen-bond acceptors (Lipinski definition) is 16. The van der Waals surface area contributed by atoms with Gasteiger partial charge in [-0.05, 0) is 58.5 Å². The molecule has 0 bridgehead atoms. The van der Waals surface area contributed by atoms with E-state index < -0.39 is 0 Å². The molecule has 0 atom stereocenters. The van der Waals surface area contributed by atoms with Gasteiger partial charge in [-0.1, -0.05) is 36.4 Å². The zero-order chi connectivity index (χ0) is 50.6. The van der Waals surface area contributed by atoms with Gasteiger partial charge in [0, 0.05) is 137 Å². The Morgan fingerprint density at radius 2 is 1.07 bits per heavy atom. The molecule has 0 amide bonds.